The number of aliphatic hydroxyl groups excluding tert-OH is 2. The summed E-state index contributed by atoms with van der Waals surface area (Å²) in [4.78, 5) is 25.6. The van der Waals surface area contributed by atoms with Gasteiger partial charge in [0.15, 0.2) is 17.9 Å². The number of rotatable bonds is 2. The average Bonchev–Trinajstić information content (AvgIpc) is 2.87. The van der Waals surface area contributed by atoms with E-state index in [1.54, 1.807) is 19.1 Å². The number of hydrogen-bond acceptors (Lipinski definition) is 7. The predicted molar refractivity (Wildman–Crippen MR) is 92.9 cm³/mol. The van der Waals surface area contributed by atoms with Gasteiger partial charge in [-0.25, -0.2) is 0 Å². The Labute approximate surface area is 154 Å². The summed E-state index contributed by atoms with van der Waals surface area (Å²) in [5, 5.41) is 40.5. The Balaban J connectivity index is 1.82. The van der Waals surface area contributed by atoms with Gasteiger partial charge in [0.2, 0.25) is 0 Å². The van der Waals surface area contributed by atoms with E-state index >= 15 is 0 Å². The number of hydrogen-bond donors (Lipinski definition) is 4. The monoisotopic (exact) mass is 370 g/mol. The van der Waals surface area contributed by atoms with E-state index in [2.05, 4.69) is 0 Å². The highest BCUT2D eigenvalue weighted by Crippen LogP contribution is 2.42. The van der Waals surface area contributed by atoms with Crippen molar-refractivity contribution in [1.29, 1.82) is 0 Å². The molecule has 2 aromatic rings. The van der Waals surface area contributed by atoms with Gasteiger partial charge in [0.05, 0.1) is 16.7 Å². The van der Waals surface area contributed by atoms with Crippen LogP contribution in [0, 0.1) is 0 Å². The van der Waals surface area contributed by atoms with Crippen LogP contribution in [0.2, 0.25) is 0 Å². The highest BCUT2D eigenvalue weighted by atomic mass is 16.6. The van der Waals surface area contributed by atoms with Crippen LogP contribution in [-0.2, 0) is 11.2 Å². The first-order valence-electron chi connectivity index (χ1n) is 8.52. The molecule has 1 aliphatic heterocycles. The van der Waals surface area contributed by atoms with E-state index in [-0.39, 0.29) is 40.7 Å². The number of fused-ring (bicyclic) bond motifs is 2. The molecule has 0 radical (unpaired) electrons. The predicted octanol–water partition coefficient (Wildman–Crippen LogP) is 1.27. The van der Waals surface area contributed by atoms with Crippen molar-refractivity contribution in [2.45, 2.75) is 37.8 Å². The molecular formula is C20H18O7. The lowest BCUT2D eigenvalue weighted by atomic mass is 9.80. The van der Waals surface area contributed by atoms with Gasteiger partial charge in [-0.2, -0.15) is 0 Å². The second-order valence-electron chi connectivity index (χ2n) is 7.26. The van der Waals surface area contributed by atoms with E-state index in [1.807, 2.05) is 0 Å². The van der Waals surface area contributed by atoms with E-state index in [0.717, 1.165) is 0 Å². The van der Waals surface area contributed by atoms with E-state index < -0.39 is 41.1 Å². The van der Waals surface area contributed by atoms with Gasteiger partial charge in [0.1, 0.15) is 17.6 Å². The summed E-state index contributed by atoms with van der Waals surface area (Å²) in [6.07, 6.45) is -2.28. The number of carbonyl (C=O) groups excluding carboxylic acids is 2. The number of carbonyl (C=O) groups is 2. The summed E-state index contributed by atoms with van der Waals surface area (Å²) in [5.74, 6) is -1.90. The fourth-order valence-electron chi connectivity index (χ4n) is 3.92. The van der Waals surface area contributed by atoms with Crippen molar-refractivity contribution in [1.82, 2.24) is 0 Å². The van der Waals surface area contributed by atoms with Crippen molar-refractivity contribution < 1.29 is 34.8 Å². The van der Waals surface area contributed by atoms with Crippen molar-refractivity contribution in [3.8, 4) is 11.5 Å². The highest BCUT2D eigenvalue weighted by Gasteiger charge is 2.43. The molecule has 1 saturated heterocycles. The molecule has 0 saturated carbocycles. The second kappa shape index (κ2) is 5.88. The van der Waals surface area contributed by atoms with Crippen molar-refractivity contribution in [2.75, 3.05) is 0 Å². The molecule has 4 rings (SSSR count). The minimum atomic E-state index is -1.35. The molecule has 1 heterocycles. The fraction of sp³-hybridized carbons (Fsp3) is 0.300. The van der Waals surface area contributed by atoms with Crippen LogP contribution in [0.3, 0.4) is 0 Å². The van der Waals surface area contributed by atoms with E-state index in [9.17, 15) is 30.0 Å². The molecule has 27 heavy (non-hydrogen) atoms. The first kappa shape index (κ1) is 17.7. The van der Waals surface area contributed by atoms with E-state index in [1.165, 1.54) is 18.2 Å². The van der Waals surface area contributed by atoms with Crippen molar-refractivity contribution in [2.24, 2.45) is 0 Å². The summed E-state index contributed by atoms with van der Waals surface area (Å²) in [6.45, 7) is 1.64. The minimum absolute atomic E-state index is 0.0247. The smallest absolute Gasteiger partial charge is 0.198 e. The van der Waals surface area contributed by atoms with Gasteiger partial charge in [0, 0.05) is 29.5 Å². The van der Waals surface area contributed by atoms with Crippen LogP contribution in [0.25, 0.3) is 0 Å². The SMILES string of the molecule is C[C@]1(Cc2cc(O)c3c(c2O)C(=O)c2ccccc2C3=O)C[C@@H](O)C(O)O1. The summed E-state index contributed by atoms with van der Waals surface area (Å²) in [6, 6.07) is 7.45. The summed E-state index contributed by atoms with van der Waals surface area (Å²) in [5.41, 5.74) is -0.938. The molecule has 7 nitrogen and oxygen atoms in total. The number of aromatic hydroxyl groups is 2. The van der Waals surface area contributed by atoms with E-state index in [4.69, 9.17) is 4.74 Å². The number of aliphatic hydroxyl groups is 2. The standard InChI is InChI=1S/C20H18O7/c1-20(8-13(22)19(26)27-20)7-9-6-12(21)14-15(16(9)23)18(25)11-5-3-2-4-10(11)17(14)24/h2-6,13,19,21-23,26H,7-8H2,1H3/t13-,19?,20+/m1/s1. The quantitative estimate of drug-likeness (QED) is 0.501. The molecule has 0 aromatic heterocycles. The summed E-state index contributed by atoms with van der Waals surface area (Å²) in [7, 11) is 0. The minimum Gasteiger partial charge on any atom is -0.507 e. The lowest BCUT2D eigenvalue weighted by Gasteiger charge is -2.26. The zero-order valence-corrected chi connectivity index (χ0v) is 14.5. The van der Waals surface area contributed by atoms with Crippen LogP contribution in [-0.4, -0.2) is 50.0 Å². The number of phenolic OH excluding ortho intramolecular Hbond substituents is 2. The third-order valence-corrected chi connectivity index (χ3v) is 5.17. The number of ether oxygens (including phenoxy) is 1. The Morgan fingerprint density at radius 2 is 1.67 bits per heavy atom. The molecule has 1 aliphatic carbocycles. The van der Waals surface area contributed by atoms with Gasteiger partial charge in [-0.05, 0) is 13.0 Å². The Morgan fingerprint density at radius 1 is 1.07 bits per heavy atom. The van der Waals surface area contributed by atoms with Crippen LogP contribution in [0.1, 0.15) is 50.8 Å². The maximum absolute atomic E-state index is 12.9. The number of phenols is 2. The topological polar surface area (TPSA) is 124 Å². The Hall–Kier alpha value is -2.74. The Kier molecular flexibility index (Phi) is 3.85. The normalized spacial score (nSPS) is 26.8. The van der Waals surface area contributed by atoms with E-state index in [0.29, 0.717) is 0 Å². The maximum Gasteiger partial charge on any atom is 0.198 e. The first-order valence-corrected chi connectivity index (χ1v) is 8.52. The Bertz CT molecular complexity index is 969. The lowest BCUT2D eigenvalue weighted by molar-refractivity contribution is -0.153. The molecule has 2 aliphatic rings. The fourth-order valence-corrected chi connectivity index (χ4v) is 3.92. The van der Waals surface area contributed by atoms with Crippen LogP contribution in [0.15, 0.2) is 30.3 Å². The van der Waals surface area contributed by atoms with Crippen LogP contribution in [0.4, 0.5) is 0 Å². The third kappa shape index (κ3) is 2.63. The lowest BCUT2D eigenvalue weighted by Crippen LogP contribution is -2.28. The zero-order valence-electron chi connectivity index (χ0n) is 14.5. The van der Waals surface area contributed by atoms with Crippen LogP contribution >= 0.6 is 0 Å². The second-order valence-corrected chi connectivity index (χ2v) is 7.26. The zero-order chi connectivity index (χ0) is 19.5. The molecule has 0 amide bonds. The Morgan fingerprint density at radius 3 is 2.22 bits per heavy atom. The van der Waals surface area contributed by atoms with Gasteiger partial charge in [-0.3, -0.25) is 9.59 Å². The number of benzene rings is 2. The van der Waals surface area contributed by atoms with Crippen LogP contribution < -0.4 is 0 Å². The number of ketones is 2. The molecule has 7 heteroatoms. The van der Waals surface area contributed by atoms with Gasteiger partial charge in [0.25, 0.3) is 0 Å². The third-order valence-electron chi connectivity index (χ3n) is 5.17. The van der Waals surface area contributed by atoms with Crippen LogP contribution in [0.5, 0.6) is 11.5 Å². The molecule has 1 unspecified atom stereocenters. The molecular weight excluding hydrogens is 352 g/mol. The van der Waals surface area contributed by atoms with Gasteiger partial charge in [-0.15, -0.1) is 0 Å². The van der Waals surface area contributed by atoms with Gasteiger partial charge < -0.3 is 25.2 Å². The molecule has 2 aromatic carbocycles. The molecule has 0 spiro atoms. The van der Waals surface area contributed by atoms with Gasteiger partial charge in [-0.1, -0.05) is 24.3 Å². The highest BCUT2D eigenvalue weighted by molar-refractivity contribution is 6.30. The molecule has 0 bridgehead atoms. The molecule has 140 valence electrons. The van der Waals surface area contributed by atoms with Crippen molar-refractivity contribution in [3.05, 3.63) is 58.1 Å². The van der Waals surface area contributed by atoms with Crippen molar-refractivity contribution in [3.63, 3.8) is 0 Å². The largest absolute Gasteiger partial charge is 0.507 e. The van der Waals surface area contributed by atoms with Crippen molar-refractivity contribution >= 4 is 11.6 Å². The average molecular weight is 370 g/mol. The maximum atomic E-state index is 12.9. The molecule has 1 fully saturated rings. The summed E-state index contributed by atoms with van der Waals surface area (Å²) >= 11 is 0. The van der Waals surface area contributed by atoms with Gasteiger partial charge >= 0.3 is 0 Å². The molecule has 4 N–H and O–H groups in total. The summed E-state index contributed by atoms with van der Waals surface area (Å²) < 4.78 is 5.37. The molecule has 3 atom stereocenters. The first-order chi connectivity index (χ1) is 12.7.